The number of esters is 3. The van der Waals surface area contributed by atoms with Crippen molar-refractivity contribution in [1.29, 1.82) is 0 Å². The smallest absolute Gasteiger partial charge is 0.479 e. The van der Waals surface area contributed by atoms with Gasteiger partial charge in [0.15, 0.2) is 11.5 Å². The normalized spacial score (nSPS) is 25.7. The molecule has 8 nitrogen and oxygen atoms in total. The summed E-state index contributed by atoms with van der Waals surface area (Å²) < 4.78 is 66.6. The second-order valence-electron chi connectivity index (χ2n) is 11.3. The zero-order chi connectivity index (χ0) is 30.5. The maximum absolute atomic E-state index is 13.4. The molecule has 0 spiro atoms. The number of fused-ring (bicyclic) bond motifs is 1. The van der Waals surface area contributed by atoms with Gasteiger partial charge in [-0.2, -0.15) is 0 Å². The number of carbonyl (C=O) groups excluding carboxylic acids is 3. The third kappa shape index (κ3) is 5.51. The summed E-state index contributed by atoms with van der Waals surface area (Å²) in [5.74, 6) is -5.11. The van der Waals surface area contributed by atoms with Crippen LogP contribution in [0.5, 0.6) is 17.2 Å². The van der Waals surface area contributed by atoms with Gasteiger partial charge in [-0.05, 0) is 56.2 Å². The average Bonchev–Trinajstić information content (AvgIpc) is 3.58. The lowest BCUT2D eigenvalue weighted by atomic mass is 9.78. The van der Waals surface area contributed by atoms with Crippen LogP contribution in [0.15, 0.2) is 78.9 Å². The van der Waals surface area contributed by atoms with Crippen molar-refractivity contribution in [3.05, 3.63) is 90.0 Å². The topological polar surface area (TPSA) is 97.4 Å². The second-order valence-corrected chi connectivity index (χ2v) is 11.3. The molecule has 0 aromatic heterocycles. The molecule has 224 valence electrons. The number of halogens is 3. The molecule has 6 rings (SSSR count). The Morgan fingerprint density at radius 1 is 0.860 bits per heavy atom. The molecule has 2 saturated carbocycles. The Morgan fingerprint density at radius 2 is 1.53 bits per heavy atom. The third-order valence-corrected chi connectivity index (χ3v) is 8.26. The molecule has 3 aromatic rings. The Labute approximate surface area is 244 Å². The van der Waals surface area contributed by atoms with Gasteiger partial charge in [0, 0.05) is 11.8 Å². The molecular formula is C32H27F3O8. The van der Waals surface area contributed by atoms with E-state index in [0.29, 0.717) is 17.7 Å². The summed E-state index contributed by atoms with van der Waals surface area (Å²) in [5, 5.41) is 0. The van der Waals surface area contributed by atoms with E-state index in [4.69, 9.17) is 18.9 Å². The van der Waals surface area contributed by atoms with E-state index >= 15 is 0 Å². The van der Waals surface area contributed by atoms with E-state index in [2.05, 4.69) is 4.74 Å². The Hall–Kier alpha value is -4.54. The lowest BCUT2D eigenvalue weighted by Gasteiger charge is -2.30. The van der Waals surface area contributed by atoms with Crippen molar-refractivity contribution < 1.29 is 51.2 Å². The van der Waals surface area contributed by atoms with Crippen LogP contribution in [0, 0.1) is 23.7 Å². The van der Waals surface area contributed by atoms with E-state index in [1.807, 2.05) is 0 Å². The molecule has 2 bridgehead atoms. The first-order valence-corrected chi connectivity index (χ1v) is 13.7. The van der Waals surface area contributed by atoms with E-state index in [1.54, 1.807) is 74.5 Å². The molecule has 2 aliphatic carbocycles. The molecule has 0 N–H and O–H groups in total. The molecule has 3 fully saturated rings. The monoisotopic (exact) mass is 596 g/mol. The summed E-state index contributed by atoms with van der Waals surface area (Å²) in [4.78, 5) is 39.3. The number of benzene rings is 3. The molecule has 43 heavy (non-hydrogen) atoms. The van der Waals surface area contributed by atoms with Crippen molar-refractivity contribution in [2.75, 3.05) is 0 Å². The number of para-hydroxylation sites is 1. The Morgan fingerprint density at radius 3 is 2.21 bits per heavy atom. The fourth-order valence-corrected chi connectivity index (χ4v) is 6.43. The number of carbonyl (C=O) groups is 3. The van der Waals surface area contributed by atoms with Crippen LogP contribution in [-0.2, 0) is 24.7 Å². The number of hydrogen-bond donors (Lipinski definition) is 0. The van der Waals surface area contributed by atoms with E-state index in [1.165, 1.54) is 0 Å². The highest BCUT2D eigenvalue weighted by Crippen LogP contribution is 2.59. The van der Waals surface area contributed by atoms with Crippen LogP contribution < -0.4 is 14.2 Å². The molecule has 6 atom stereocenters. The quantitative estimate of drug-likeness (QED) is 0.237. The molecule has 0 amide bonds. The zero-order valence-electron chi connectivity index (χ0n) is 23.1. The van der Waals surface area contributed by atoms with E-state index in [-0.39, 0.29) is 17.2 Å². The third-order valence-electron chi connectivity index (χ3n) is 8.26. The zero-order valence-corrected chi connectivity index (χ0v) is 23.1. The number of hydrogen-bond acceptors (Lipinski definition) is 8. The van der Waals surface area contributed by atoms with Crippen molar-refractivity contribution in [2.24, 2.45) is 23.7 Å². The minimum Gasteiger partial charge on any atom is -0.479 e. The van der Waals surface area contributed by atoms with Crippen molar-refractivity contribution in [2.45, 2.75) is 44.4 Å². The molecule has 1 heterocycles. The Bertz CT molecular complexity index is 1540. The lowest BCUT2D eigenvalue weighted by Crippen LogP contribution is -2.44. The average molecular weight is 597 g/mol. The van der Waals surface area contributed by atoms with Gasteiger partial charge >= 0.3 is 24.3 Å². The van der Waals surface area contributed by atoms with Gasteiger partial charge in [0.1, 0.15) is 23.6 Å². The predicted molar refractivity (Wildman–Crippen MR) is 143 cm³/mol. The Kier molecular flexibility index (Phi) is 7.06. The molecule has 0 radical (unpaired) electrons. The number of rotatable bonds is 8. The summed E-state index contributed by atoms with van der Waals surface area (Å²) in [5.41, 5.74) is -0.535. The van der Waals surface area contributed by atoms with Gasteiger partial charge in [-0.25, -0.2) is 4.79 Å². The van der Waals surface area contributed by atoms with Gasteiger partial charge in [0.25, 0.3) is 0 Å². The van der Waals surface area contributed by atoms with Gasteiger partial charge in [-0.3, -0.25) is 9.59 Å². The van der Waals surface area contributed by atoms with E-state index in [0.717, 1.165) is 18.2 Å². The highest BCUT2D eigenvalue weighted by Gasteiger charge is 2.70. The molecular weight excluding hydrogens is 569 g/mol. The lowest BCUT2D eigenvalue weighted by molar-refractivity contribution is -0.275. The minimum atomic E-state index is -5.01. The molecule has 1 aliphatic heterocycles. The highest BCUT2D eigenvalue weighted by atomic mass is 19.4. The first kappa shape index (κ1) is 28.6. The van der Waals surface area contributed by atoms with Crippen LogP contribution in [-0.4, -0.2) is 36.5 Å². The molecule has 3 aromatic carbocycles. The largest absolute Gasteiger partial charge is 0.573 e. The molecule has 11 heteroatoms. The Balaban J connectivity index is 1.25. The summed E-state index contributed by atoms with van der Waals surface area (Å²) in [7, 11) is 0. The molecule has 3 aliphatic rings. The standard InChI is InChI=1S/C32H27F3O8/c1-31(2,18-9-5-3-6-10-18)42-23-15-17(13-14-22(23)43-32(33,34)35)28(36)40-26-20-16-21-25(30(38)41-27(21)26)24(20)29(37)39-19-11-7-4-8-12-19/h3-15,20-21,24-27H,16H2,1-2H3. The van der Waals surface area contributed by atoms with Crippen LogP contribution in [0.3, 0.4) is 0 Å². The van der Waals surface area contributed by atoms with E-state index < -0.39 is 65.6 Å². The van der Waals surface area contributed by atoms with Gasteiger partial charge in [-0.1, -0.05) is 48.5 Å². The highest BCUT2D eigenvalue weighted by molar-refractivity contribution is 5.91. The van der Waals surface area contributed by atoms with Gasteiger partial charge in [-0.15, -0.1) is 13.2 Å². The fourth-order valence-electron chi connectivity index (χ4n) is 6.43. The maximum Gasteiger partial charge on any atom is 0.573 e. The van der Waals surface area contributed by atoms with Crippen molar-refractivity contribution >= 4 is 17.9 Å². The van der Waals surface area contributed by atoms with Crippen LogP contribution in [0.1, 0.15) is 36.2 Å². The van der Waals surface area contributed by atoms with Crippen LogP contribution in [0.25, 0.3) is 0 Å². The summed E-state index contributed by atoms with van der Waals surface area (Å²) in [6.07, 6.45) is -6.25. The van der Waals surface area contributed by atoms with Crippen LogP contribution in [0.4, 0.5) is 13.2 Å². The first-order chi connectivity index (χ1) is 20.4. The van der Waals surface area contributed by atoms with Crippen molar-refractivity contribution in [3.63, 3.8) is 0 Å². The van der Waals surface area contributed by atoms with Gasteiger partial charge in [0.2, 0.25) is 0 Å². The van der Waals surface area contributed by atoms with Crippen molar-refractivity contribution in [1.82, 2.24) is 0 Å². The summed E-state index contributed by atoms with van der Waals surface area (Å²) >= 11 is 0. The number of alkyl halides is 3. The van der Waals surface area contributed by atoms with Crippen molar-refractivity contribution in [3.8, 4) is 17.2 Å². The van der Waals surface area contributed by atoms with Gasteiger partial charge in [0.05, 0.1) is 17.4 Å². The first-order valence-electron chi connectivity index (χ1n) is 13.7. The molecule has 1 saturated heterocycles. The SMILES string of the molecule is CC(C)(Oc1cc(C(=O)OC2C3CC4C2OC(=O)C4C3C(=O)Oc2ccccc2)ccc1OC(F)(F)F)c1ccccc1. The summed E-state index contributed by atoms with van der Waals surface area (Å²) in [6.45, 7) is 3.33. The van der Waals surface area contributed by atoms with Gasteiger partial charge < -0.3 is 23.7 Å². The molecule has 6 unspecified atom stereocenters. The van der Waals surface area contributed by atoms with Crippen LogP contribution >= 0.6 is 0 Å². The number of ether oxygens (including phenoxy) is 5. The second kappa shape index (κ2) is 10.6. The summed E-state index contributed by atoms with van der Waals surface area (Å²) in [6, 6.07) is 20.5. The van der Waals surface area contributed by atoms with Crippen LogP contribution in [0.2, 0.25) is 0 Å². The predicted octanol–water partition coefficient (Wildman–Crippen LogP) is 5.84. The fraction of sp³-hybridized carbons (Fsp3) is 0.344. The van der Waals surface area contributed by atoms with E-state index in [9.17, 15) is 27.6 Å². The minimum absolute atomic E-state index is 0.111. The maximum atomic E-state index is 13.4.